The molecule has 0 spiro atoms. The van der Waals surface area contributed by atoms with Crippen LogP contribution in [0.3, 0.4) is 0 Å². The molecule has 4 heteroatoms. The molecule has 0 radical (unpaired) electrons. The van der Waals surface area contributed by atoms with E-state index in [-0.39, 0.29) is 5.78 Å². The second-order valence-corrected chi connectivity index (χ2v) is 6.70. The van der Waals surface area contributed by atoms with Gasteiger partial charge in [0.1, 0.15) is 11.5 Å². The molecule has 1 aromatic heterocycles. The summed E-state index contributed by atoms with van der Waals surface area (Å²) in [4.78, 5) is 12.3. The van der Waals surface area contributed by atoms with Crippen LogP contribution in [0, 0.1) is 0 Å². The van der Waals surface area contributed by atoms with Crippen molar-refractivity contribution in [1.82, 2.24) is 0 Å². The molecule has 0 aliphatic rings. The fourth-order valence-corrected chi connectivity index (χ4v) is 3.03. The van der Waals surface area contributed by atoms with E-state index in [9.17, 15) is 4.79 Å². The number of ether oxygens (including phenoxy) is 1. The summed E-state index contributed by atoms with van der Waals surface area (Å²) >= 11 is 4.87. The first-order valence-electron chi connectivity index (χ1n) is 6.34. The molecule has 3 aromatic rings. The number of rotatable bonds is 4. The van der Waals surface area contributed by atoms with Gasteiger partial charge in [0.2, 0.25) is 0 Å². The second kappa shape index (κ2) is 6.24. The lowest BCUT2D eigenvalue weighted by atomic mass is 10.1. The minimum Gasteiger partial charge on any atom is -0.457 e. The summed E-state index contributed by atoms with van der Waals surface area (Å²) in [6, 6.07) is 18.6. The average molecular weight is 359 g/mol. The highest BCUT2D eigenvalue weighted by Gasteiger charge is 2.11. The maximum Gasteiger partial charge on any atom is 0.193 e. The van der Waals surface area contributed by atoms with Gasteiger partial charge >= 0.3 is 0 Å². The van der Waals surface area contributed by atoms with E-state index in [0.717, 1.165) is 9.54 Å². The lowest BCUT2D eigenvalue weighted by Crippen LogP contribution is -1.99. The maximum absolute atomic E-state index is 12.3. The number of benzene rings is 2. The first kappa shape index (κ1) is 14.0. The van der Waals surface area contributed by atoms with Crippen molar-refractivity contribution >= 4 is 33.0 Å². The Morgan fingerprint density at radius 1 is 0.905 bits per heavy atom. The highest BCUT2D eigenvalue weighted by molar-refractivity contribution is 9.11. The van der Waals surface area contributed by atoms with E-state index < -0.39 is 0 Å². The van der Waals surface area contributed by atoms with E-state index in [2.05, 4.69) is 15.9 Å². The van der Waals surface area contributed by atoms with E-state index in [1.807, 2.05) is 53.9 Å². The van der Waals surface area contributed by atoms with Gasteiger partial charge in [-0.1, -0.05) is 18.2 Å². The number of halogens is 1. The third kappa shape index (κ3) is 3.40. The van der Waals surface area contributed by atoms with Gasteiger partial charge in [-0.25, -0.2) is 0 Å². The number of thiophene rings is 1. The van der Waals surface area contributed by atoms with Crippen LogP contribution >= 0.6 is 27.3 Å². The van der Waals surface area contributed by atoms with Gasteiger partial charge < -0.3 is 4.74 Å². The largest absolute Gasteiger partial charge is 0.457 e. The molecule has 0 saturated heterocycles. The van der Waals surface area contributed by atoms with Crippen LogP contribution in [-0.4, -0.2) is 5.78 Å². The Morgan fingerprint density at radius 3 is 2.19 bits per heavy atom. The highest BCUT2D eigenvalue weighted by Crippen LogP contribution is 2.25. The van der Waals surface area contributed by atoms with Gasteiger partial charge in [-0.3, -0.25) is 4.79 Å². The molecule has 104 valence electrons. The summed E-state index contributed by atoms with van der Waals surface area (Å²) < 4.78 is 6.66. The molecule has 0 amide bonds. The van der Waals surface area contributed by atoms with Crippen LogP contribution < -0.4 is 4.74 Å². The number of hydrogen-bond donors (Lipinski definition) is 0. The minimum absolute atomic E-state index is 0.0169. The van der Waals surface area contributed by atoms with Crippen molar-refractivity contribution in [3.63, 3.8) is 0 Å². The van der Waals surface area contributed by atoms with Crippen molar-refractivity contribution in [3.8, 4) is 11.5 Å². The predicted octanol–water partition coefficient (Wildman–Crippen LogP) is 5.53. The van der Waals surface area contributed by atoms with Crippen molar-refractivity contribution in [3.05, 3.63) is 81.0 Å². The predicted molar refractivity (Wildman–Crippen MR) is 88.4 cm³/mol. The van der Waals surface area contributed by atoms with Crippen LogP contribution in [0.5, 0.6) is 11.5 Å². The quantitative estimate of drug-likeness (QED) is 0.572. The molecule has 2 nitrogen and oxygen atoms in total. The van der Waals surface area contributed by atoms with Crippen LogP contribution in [0.4, 0.5) is 0 Å². The van der Waals surface area contributed by atoms with E-state index in [1.165, 1.54) is 11.3 Å². The average Bonchev–Trinajstić information content (AvgIpc) is 2.95. The molecule has 0 bridgehead atoms. The zero-order valence-corrected chi connectivity index (χ0v) is 13.4. The summed E-state index contributed by atoms with van der Waals surface area (Å²) in [5.41, 5.74) is 1.35. The standard InChI is InChI=1S/C17H11BrO2S/c18-16-10-13(11-21-16)17(19)12-6-8-15(9-7-12)20-14-4-2-1-3-5-14/h1-11H. The Kier molecular flexibility index (Phi) is 4.18. The molecule has 21 heavy (non-hydrogen) atoms. The molecule has 0 unspecified atom stereocenters. The Bertz CT molecular complexity index is 748. The normalized spacial score (nSPS) is 10.3. The molecule has 2 aromatic carbocycles. The third-order valence-electron chi connectivity index (χ3n) is 2.93. The first-order chi connectivity index (χ1) is 10.2. The van der Waals surface area contributed by atoms with E-state index >= 15 is 0 Å². The van der Waals surface area contributed by atoms with Crippen molar-refractivity contribution in [2.24, 2.45) is 0 Å². The summed E-state index contributed by atoms with van der Waals surface area (Å²) in [6.07, 6.45) is 0. The minimum atomic E-state index is 0.0169. The lowest BCUT2D eigenvalue weighted by molar-refractivity contribution is 0.103. The topological polar surface area (TPSA) is 26.3 Å². The molecule has 0 aliphatic heterocycles. The smallest absolute Gasteiger partial charge is 0.193 e. The molecular formula is C17H11BrO2S. The van der Waals surface area contributed by atoms with Crippen LogP contribution in [0.25, 0.3) is 0 Å². The van der Waals surface area contributed by atoms with Gasteiger partial charge in [0.25, 0.3) is 0 Å². The van der Waals surface area contributed by atoms with Crippen molar-refractivity contribution in [2.75, 3.05) is 0 Å². The molecule has 0 saturated carbocycles. The van der Waals surface area contributed by atoms with Gasteiger partial charge in [-0.15, -0.1) is 11.3 Å². The van der Waals surface area contributed by atoms with E-state index in [0.29, 0.717) is 16.9 Å². The Morgan fingerprint density at radius 2 is 1.57 bits per heavy atom. The van der Waals surface area contributed by atoms with Gasteiger partial charge in [0, 0.05) is 16.5 Å². The lowest BCUT2D eigenvalue weighted by Gasteiger charge is -2.06. The number of hydrogen-bond acceptors (Lipinski definition) is 3. The van der Waals surface area contributed by atoms with Gasteiger partial charge in [-0.05, 0) is 58.4 Å². The van der Waals surface area contributed by atoms with Crippen molar-refractivity contribution < 1.29 is 9.53 Å². The summed E-state index contributed by atoms with van der Waals surface area (Å²) in [6.45, 7) is 0. The summed E-state index contributed by atoms with van der Waals surface area (Å²) in [5.74, 6) is 1.51. The molecular weight excluding hydrogens is 348 g/mol. The monoisotopic (exact) mass is 358 g/mol. The van der Waals surface area contributed by atoms with Crippen molar-refractivity contribution in [1.29, 1.82) is 0 Å². The number of para-hydroxylation sites is 1. The zero-order valence-electron chi connectivity index (χ0n) is 11.0. The molecule has 0 N–H and O–H groups in total. The van der Waals surface area contributed by atoms with Crippen LogP contribution in [0.2, 0.25) is 0 Å². The Balaban J connectivity index is 1.76. The highest BCUT2D eigenvalue weighted by atomic mass is 79.9. The Hall–Kier alpha value is -1.91. The first-order valence-corrected chi connectivity index (χ1v) is 8.01. The van der Waals surface area contributed by atoms with Gasteiger partial charge in [-0.2, -0.15) is 0 Å². The number of carbonyl (C=O) groups is 1. The SMILES string of the molecule is O=C(c1ccc(Oc2ccccc2)cc1)c1csc(Br)c1. The molecule has 0 aliphatic carbocycles. The van der Waals surface area contributed by atoms with Gasteiger partial charge in [0.15, 0.2) is 5.78 Å². The number of ketones is 1. The van der Waals surface area contributed by atoms with Crippen LogP contribution in [0.1, 0.15) is 15.9 Å². The van der Waals surface area contributed by atoms with E-state index in [4.69, 9.17) is 4.74 Å². The van der Waals surface area contributed by atoms with Crippen molar-refractivity contribution in [2.45, 2.75) is 0 Å². The molecule has 0 atom stereocenters. The van der Waals surface area contributed by atoms with Crippen LogP contribution in [0.15, 0.2) is 69.8 Å². The fraction of sp³-hybridized carbons (Fsp3) is 0. The molecule has 3 rings (SSSR count). The molecule has 1 heterocycles. The summed E-state index contributed by atoms with van der Waals surface area (Å²) in [7, 11) is 0. The maximum atomic E-state index is 12.3. The summed E-state index contributed by atoms with van der Waals surface area (Å²) in [5, 5.41) is 1.85. The zero-order chi connectivity index (χ0) is 14.7. The Labute approximate surface area is 135 Å². The second-order valence-electron chi connectivity index (χ2n) is 4.41. The van der Waals surface area contributed by atoms with E-state index in [1.54, 1.807) is 12.1 Å². The fourth-order valence-electron chi connectivity index (χ4n) is 1.89. The van der Waals surface area contributed by atoms with Crippen LogP contribution in [-0.2, 0) is 0 Å². The van der Waals surface area contributed by atoms with Gasteiger partial charge in [0.05, 0.1) is 3.79 Å². The number of carbonyl (C=O) groups excluding carboxylic acids is 1. The molecule has 0 fully saturated rings. The third-order valence-corrected chi connectivity index (χ3v) is 4.43.